The third kappa shape index (κ3) is 6.99. The van der Waals surface area contributed by atoms with Gasteiger partial charge in [-0.15, -0.1) is 0 Å². The summed E-state index contributed by atoms with van der Waals surface area (Å²) >= 11 is 0. The van der Waals surface area contributed by atoms with Crippen LogP contribution in [0.2, 0.25) is 0 Å². The van der Waals surface area contributed by atoms with Crippen LogP contribution in [-0.2, 0) is 16.4 Å². The lowest BCUT2D eigenvalue weighted by molar-refractivity contribution is -0.116. The van der Waals surface area contributed by atoms with E-state index in [4.69, 9.17) is 4.74 Å². The molecule has 3 nitrogen and oxygen atoms in total. The van der Waals surface area contributed by atoms with Crippen molar-refractivity contribution in [2.24, 2.45) is 0 Å². The monoisotopic (exact) mass is 725 g/mol. The van der Waals surface area contributed by atoms with Crippen LogP contribution in [0.25, 0.3) is 0 Å². The average Bonchev–Trinajstić information content (AvgIpc) is 3.11. The van der Waals surface area contributed by atoms with Crippen molar-refractivity contribution in [3.63, 3.8) is 0 Å². The molecule has 1 aliphatic heterocycles. The molecule has 5 heteroatoms. The minimum Gasteiger partial charge on any atom is -1.00 e. The predicted octanol–water partition coefficient (Wildman–Crippen LogP) is 6.75. The number of hydrogen-bond donors (Lipinski definition) is 1. The number of hydrogen-bond acceptors (Lipinski definition) is 2. The fourth-order valence-corrected chi connectivity index (χ4v) is 11.3. The van der Waals surface area contributed by atoms with Crippen molar-refractivity contribution in [3.05, 3.63) is 180 Å². The first-order valence-electron chi connectivity index (χ1n) is 16.7. The first-order chi connectivity index (χ1) is 23.3. The molecule has 0 saturated carbocycles. The smallest absolute Gasteiger partial charge is 0.225 e. The summed E-state index contributed by atoms with van der Waals surface area (Å²) < 4.78 is 6.21. The molecule has 6 aromatic rings. The van der Waals surface area contributed by atoms with E-state index in [9.17, 15) is 4.79 Å². The Balaban J connectivity index is 0.00000417. The molecule has 0 radical (unpaired) electrons. The van der Waals surface area contributed by atoms with Gasteiger partial charge < -0.3 is 27.0 Å². The zero-order chi connectivity index (χ0) is 33.1. The summed E-state index contributed by atoms with van der Waals surface area (Å²) in [6, 6.07) is 55.7. The van der Waals surface area contributed by atoms with Gasteiger partial charge in [0.25, 0.3) is 0 Å². The molecule has 1 aliphatic rings. The number of nitrogens with one attached hydrogen (secondary N) is 1. The topological polar surface area (TPSA) is 38.3 Å². The Morgan fingerprint density at radius 2 is 1.08 bits per heavy atom. The first-order valence-corrected chi connectivity index (χ1v) is 18.6. The summed E-state index contributed by atoms with van der Waals surface area (Å²) in [6.45, 7) is 6.62. The van der Waals surface area contributed by atoms with E-state index in [1.54, 1.807) is 0 Å². The lowest BCUT2D eigenvalue weighted by atomic mass is 9.84. The molecule has 0 unspecified atom stereocenters. The van der Waals surface area contributed by atoms with Crippen molar-refractivity contribution in [2.75, 3.05) is 5.32 Å². The number of rotatable bonds is 8. The van der Waals surface area contributed by atoms with Gasteiger partial charge in [-0.1, -0.05) is 124 Å². The Bertz CT molecular complexity index is 1900. The van der Waals surface area contributed by atoms with E-state index in [0.29, 0.717) is 6.42 Å². The largest absolute Gasteiger partial charge is 1.00 e. The van der Waals surface area contributed by atoms with Crippen molar-refractivity contribution >= 4 is 34.8 Å². The van der Waals surface area contributed by atoms with Crippen LogP contribution in [0.15, 0.2) is 158 Å². The third-order valence-electron chi connectivity index (χ3n) is 9.38. The van der Waals surface area contributed by atoms with Crippen LogP contribution < -0.4 is 42.9 Å². The molecule has 246 valence electrons. The SMILES string of the molecule is CC(C)(C)c1ccc(C[P+](c2ccccc2)(c2ccccc2)c2ccccc2)cc1NC(=O)CC1c2ccccc2Oc2ccccc21.[Br-]. The number of carbonyl (C=O) groups excluding carboxylic acids is 1. The van der Waals surface area contributed by atoms with Gasteiger partial charge >= 0.3 is 0 Å². The molecule has 1 heterocycles. The number of halogens is 1. The standard InChI is InChI=1S/C44H40NO2P.BrH/c1-44(2,3)39-28-27-32(31-48(33-17-7-4-8-18-33,34-19-9-5-10-20-34)35-21-11-6-12-22-35)29-40(39)45-43(46)30-38-36-23-13-15-25-41(36)47-42-26-16-14-24-37(38)42;/h4-29,38H,30-31H2,1-3H3;1H. The molecule has 0 saturated heterocycles. The average molecular weight is 727 g/mol. The maximum atomic E-state index is 14.1. The molecular formula is C44H41BrNO2P. The Hall–Kier alpha value is -4.50. The number of fused-ring (bicyclic) bond motifs is 2. The van der Waals surface area contributed by atoms with Crippen LogP contribution in [0, 0.1) is 0 Å². The predicted molar refractivity (Wildman–Crippen MR) is 202 cm³/mol. The highest BCUT2D eigenvalue weighted by atomic mass is 79.9. The summed E-state index contributed by atoms with van der Waals surface area (Å²) in [6.07, 6.45) is 1.15. The van der Waals surface area contributed by atoms with E-state index in [-0.39, 0.29) is 34.2 Å². The zero-order valence-electron chi connectivity index (χ0n) is 28.1. The molecular weight excluding hydrogens is 685 g/mol. The van der Waals surface area contributed by atoms with Gasteiger partial charge in [0.15, 0.2) is 0 Å². The number of ether oxygens (including phenoxy) is 1. The molecule has 0 aliphatic carbocycles. The lowest BCUT2D eigenvalue weighted by Crippen LogP contribution is -3.00. The van der Waals surface area contributed by atoms with E-state index in [1.807, 2.05) is 36.4 Å². The third-order valence-corrected chi connectivity index (χ3v) is 13.8. The number of amides is 1. The highest BCUT2D eigenvalue weighted by molar-refractivity contribution is 7.95. The Labute approximate surface area is 301 Å². The quantitative estimate of drug-likeness (QED) is 0.177. The summed E-state index contributed by atoms with van der Waals surface area (Å²) in [5.41, 5.74) is 5.12. The summed E-state index contributed by atoms with van der Waals surface area (Å²) in [5.74, 6) is 1.52. The molecule has 1 amide bonds. The summed E-state index contributed by atoms with van der Waals surface area (Å²) in [5, 5.41) is 7.42. The molecule has 0 bridgehead atoms. The Kier molecular flexibility index (Phi) is 10.2. The number of para-hydroxylation sites is 2. The van der Waals surface area contributed by atoms with E-state index in [2.05, 4.69) is 147 Å². The zero-order valence-corrected chi connectivity index (χ0v) is 30.6. The van der Waals surface area contributed by atoms with Crippen LogP contribution in [0.1, 0.15) is 55.4 Å². The van der Waals surface area contributed by atoms with E-state index in [1.165, 1.54) is 21.5 Å². The summed E-state index contributed by atoms with van der Waals surface area (Å²) in [4.78, 5) is 14.1. The van der Waals surface area contributed by atoms with Crippen LogP contribution in [-0.4, -0.2) is 5.91 Å². The van der Waals surface area contributed by atoms with Crippen LogP contribution >= 0.6 is 7.26 Å². The fourth-order valence-electron chi connectivity index (χ4n) is 7.10. The van der Waals surface area contributed by atoms with Crippen molar-refractivity contribution in [3.8, 4) is 11.5 Å². The van der Waals surface area contributed by atoms with E-state index < -0.39 is 7.26 Å². The van der Waals surface area contributed by atoms with Crippen molar-refractivity contribution < 1.29 is 26.5 Å². The van der Waals surface area contributed by atoms with Crippen LogP contribution in [0.4, 0.5) is 5.69 Å². The molecule has 6 aromatic carbocycles. The van der Waals surface area contributed by atoms with Crippen LogP contribution in [0.3, 0.4) is 0 Å². The molecule has 0 aromatic heterocycles. The Morgan fingerprint density at radius 3 is 1.55 bits per heavy atom. The number of carbonyl (C=O) groups is 1. The maximum absolute atomic E-state index is 14.1. The highest BCUT2D eigenvalue weighted by Crippen LogP contribution is 2.58. The molecule has 0 spiro atoms. The van der Waals surface area contributed by atoms with Crippen LogP contribution in [0.5, 0.6) is 11.5 Å². The summed E-state index contributed by atoms with van der Waals surface area (Å²) in [7, 11) is -2.11. The second kappa shape index (κ2) is 14.5. The van der Waals surface area contributed by atoms with E-state index in [0.717, 1.165) is 40.0 Å². The number of benzene rings is 6. The fraction of sp³-hybridized carbons (Fsp3) is 0.159. The Morgan fingerprint density at radius 1 is 0.633 bits per heavy atom. The van der Waals surface area contributed by atoms with E-state index >= 15 is 0 Å². The van der Waals surface area contributed by atoms with Gasteiger partial charge in [0, 0.05) is 29.2 Å². The molecule has 49 heavy (non-hydrogen) atoms. The lowest BCUT2D eigenvalue weighted by Gasteiger charge is -2.29. The van der Waals surface area contributed by atoms with Crippen molar-refractivity contribution in [1.29, 1.82) is 0 Å². The van der Waals surface area contributed by atoms with Crippen molar-refractivity contribution in [2.45, 2.75) is 44.7 Å². The second-order valence-corrected chi connectivity index (χ2v) is 17.1. The van der Waals surface area contributed by atoms with Gasteiger partial charge in [-0.3, -0.25) is 4.79 Å². The van der Waals surface area contributed by atoms with Gasteiger partial charge in [-0.2, -0.15) is 0 Å². The normalized spacial score (nSPS) is 12.6. The maximum Gasteiger partial charge on any atom is 0.225 e. The number of anilines is 1. The molecule has 1 N–H and O–H groups in total. The van der Waals surface area contributed by atoms with Gasteiger partial charge in [0.05, 0.1) is 6.16 Å². The minimum absolute atomic E-state index is 0. The first kappa shape index (κ1) is 34.4. The van der Waals surface area contributed by atoms with Gasteiger partial charge in [-0.05, 0) is 71.1 Å². The molecule has 7 rings (SSSR count). The van der Waals surface area contributed by atoms with Gasteiger partial charge in [-0.25, -0.2) is 0 Å². The molecule has 0 fully saturated rings. The minimum atomic E-state index is -2.11. The van der Waals surface area contributed by atoms with Crippen molar-refractivity contribution in [1.82, 2.24) is 0 Å². The highest BCUT2D eigenvalue weighted by Gasteiger charge is 2.45. The molecule has 0 atom stereocenters. The van der Waals surface area contributed by atoms with Gasteiger partial charge in [0.1, 0.15) is 34.7 Å². The second-order valence-electron chi connectivity index (χ2n) is 13.6. The van der Waals surface area contributed by atoms with Gasteiger partial charge in [0.2, 0.25) is 5.91 Å².